The maximum atomic E-state index is 12.6. The van der Waals surface area contributed by atoms with E-state index < -0.39 is 93.8 Å². The van der Waals surface area contributed by atoms with Crippen LogP contribution in [0.3, 0.4) is 0 Å². The molecule has 46 heavy (non-hydrogen) atoms. The number of allylic oxidation sites excluding steroid dienone is 1. The Morgan fingerprint density at radius 1 is 0.957 bits per heavy atom. The summed E-state index contributed by atoms with van der Waals surface area (Å²) in [6.45, 7) is 9.12. The minimum absolute atomic E-state index is 0.0577. The Balaban J connectivity index is 1.39. The third kappa shape index (κ3) is 6.15. The van der Waals surface area contributed by atoms with Crippen LogP contribution >= 0.6 is 0 Å². The first-order valence-electron chi connectivity index (χ1n) is 16.4. The van der Waals surface area contributed by atoms with Crippen LogP contribution in [0.4, 0.5) is 0 Å². The largest absolute Gasteiger partial charge is 0.397 e. The van der Waals surface area contributed by atoms with Crippen molar-refractivity contribution >= 4 is 10.4 Å². The number of aliphatic hydroxyl groups excluding tert-OH is 6. The lowest BCUT2D eigenvalue weighted by atomic mass is 9.43. The molecule has 0 spiro atoms. The van der Waals surface area contributed by atoms with E-state index in [1.165, 1.54) is 0 Å². The highest BCUT2D eigenvalue weighted by Crippen LogP contribution is 2.69. The molecule has 0 bridgehead atoms. The van der Waals surface area contributed by atoms with Gasteiger partial charge in [0, 0.05) is 12.3 Å². The summed E-state index contributed by atoms with van der Waals surface area (Å²) in [6.07, 6.45) is -3.10. The van der Waals surface area contributed by atoms with Crippen molar-refractivity contribution in [3.63, 3.8) is 0 Å². The Morgan fingerprint density at radius 2 is 1.63 bits per heavy atom. The summed E-state index contributed by atoms with van der Waals surface area (Å²) >= 11 is 0. The van der Waals surface area contributed by atoms with Gasteiger partial charge in [0.15, 0.2) is 6.29 Å². The van der Waals surface area contributed by atoms with Gasteiger partial charge in [-0.1, -0.05) is 52.8 Å². The van der Waals surface area contributed by atoms with Gasteiger partial charge in [0.2, 0.25) is 0 Å². The van der Waals surface area contributed by atoms with E-state index >= 15 is 0 Å². The predicted molar refractivity (Wildman–Crippen MR) is 163 cm³/mol. The van der Waals surface area contributed by atoms with Crippen LogP contribution in [0.5, 0.6) is 0 Å². The summed E-state index contributed by atoms with van der Waals surface area (Å²) in [5, 5.41) is 77.4. The van der Waals surface area contributed by atoms with Crippen LogP contribution in [0.15, 0.2) is 23.8 Å². The van der Waals surface area contributed by atoms with Crippen LogP contribution in [0, 0.1) is 40.4 Å². The van der Waals surface area contributed by atoms with Gasteiger partial charge < -0.3 is 45.2 Å². The van der Waals surface area contributed by atoms with Crippen LogP contribution in [0.2, 0.25) is 0 Å². The van der Waals surface area contributed by atoms with E-state index in [1.54, 1.807) is 26.0 Å². The molecule has 1 heterocycles. The van der Waals surface area contributed by atoms with E-state index in [2.05, 4.69) is 0 Å². The molecule has 13 nitrogen and oxygen atoms in total. The maximum Gasteiger partial charge on any atom is 0.397 e. The van der Waals surface area contributed by atoms with Gasteiger partial charge in [-0.15, -0.1) is 0 Å². The van der Waals surface area contributed by atoms with Crippen molar-refractivity contribution in [1.82, 2.24) is 0 Å². The normalized spacial score (nSPS) is 49.3. The van der Waals surface area contributed by atoms with Crippen LogP contribution < -0.4 is 0 Å². The monoisotopic (exact) mass is 676 g/mol. The molecule has 1 aliphatic heterocycles. The predicted octanol–water partition coefficient (Wildman–Crippen LogP) is 0.453. The van der Waals surface area contributed by atoms with Crippen molar-refractivity contribution in [1.29, 1.82) is 0 Å². The number of fused-ring (bicyclic) bond motifs is 5. The van der Waals surface area contributed by atoms with Gasteiger partial charge in [-0.3, -0.25) is 4.55 Å². The van der Waals surface area contributed by atoms with Gasteiger partial charge in [0.25, 0.3) is 0 Å². The number of ether oxygens (including phenoxy) is 2. The van der Waals surface area contributed by atoms with E-state index in [4.69, 9.17) is 13.7 Å². The fraction of sp³-hybridized carbons (Fsp3) is 0.875. The smallest absolute Gasteiger partial charge is 0.390 e. The standard InChI is InChI=1S/C32H52O13S/c1-15(2)21(45-46(40,41)42)7-6-16(3)23-25(36)26(37)28-31(23,5)11-9-22-30(4)10-8-17(12-18(30)19(33)13-32(22,28)39)44-29-27(38)24(35)20(34)14-43-29/h6-7,12,15-17,19-29,33-39H,8-11,13-14H2,1-5H3,(H,40,41,42). The second-order valence-corrected chi connectivity index (χ2v) is 16.3. The van der Waals surface area contributed by atoms with E-state index in [1.807, 2.05) is 26.8 Å². The quantitative estimate of drug-likeness (QED) is 0.129. The van der Waals surface area contributed by atoms with Crippen LogP contribution in [0.1, 0.15) is 66.7 Å². The first-order valence-corrected chi connectivity index (χ1v) is 17.7. The lowest BCUT2D eigenvalue weighted by molar-refractivity contribution is -0.280. The molecule has 16 unspecified atom stereocenters. The Hall–Kier alpha value is -1.01. The van der Waals surface area contributed by atoms with Crippen molar-refractivity contribution in [2.75, 3.05) is 6.61 Å². The first-order chi connectivity index (χ1) is 21.2. The first kappa shape index (κ1) is 36.3. The van der Waals surface area contributed by atoms with Gasteiger partial charge >= 0.3 is 10.4 Å². The molecule has 4 aliphatic carbocycles. The average molecular weight is 677 g/mol. The van der Waals surface area contributed by atoms with Crippen molar-refractivity contribution in [2.24, 2.45) is 40.4 Å². The van der Waals surface area contributed by atoms with Crippen molar-refractivity contribution < 1.29 is 62.4 Å². The Labute approximate surface area is 270 Å². The Kier molecular flexibility index (Phi) is 10.0. The molecular weight excluding hydrogens is 624 g/mol. The van der Waals surface area contributed by atoms with Crippen molar-refractivity contribution in [3.05, 3.63) is 23.8 Å². The highest BCUT2D eigenvalue weighted by molar-refractivity contribution is 7.80. The summed E-state index contributed by atoms with van der Waals surface area (Å²) in [4.78, 5) is 0. The molecule has 8 N–H and O–H groups in total. The van der Waals surface area contributed by atoms with E-state index in [0.717, 1.165) is 0 Å². The molecular formula is C32H52O13S. The Morgan fingerprint density at radius 3 is 2.26 bits per heavy atom. The second kappa shape index (κ2) is 12.7. The van der Waals surface area contributed by atoms with E-state index in [-0.39, 0.29) is 30.8 Å². The molecule has 4 fully saturated rings. The summed E-state index contributed by atoms with van der Waals surface area (Å²) in [6, 6.07) is 0. The third-order valence-electron chi connectivity index (χ3n) is 12.1. The number of rotatable bonds is 8. The minimum atomic E-state index is -4.69. The van der Waals surface area contributed by atoms with Gasteiger partial charge in [0.05, 0.1) is 42.7 Å². The molecule has 14 heteroatoms. The van der Waals surface area contributed by atoms with Crippen LogP contribution in [-0.2, 0) is 24.1 Å². The highest BCUT2D eigenvalue weighted by Gasteiger charge is 2.72. The fourth-order valence-corrected chi connectivity index (χ4v) is 10.6. The molecule has 0 radical (unpaired) electrons. The minimum Gasteiger partial charge on any atom is -0.390 e. The van der Waals surface area contributed by atoms with Crippen molar-refractivity contribution in [3.8, 4) is 0 Å². The zero-order valence-electron chi connectivity index (χ0n) is 27.1. The molecule has 5 aliphatic rings. The number of hydrogen-bond acceptors (Lipinski definition) is 12. The van der Waals surface area contributed by atoms with Gasteiger partial charge in [-0.05, 0) is 65.8 Å². The van der Waals surface area contributed by atoms with E-state index in [0.29, 0.717) is 31.3 Å². The molecule has 5 rings (SSSR count). The fourth-order valence-electron chi connectivity index (χ4n) is 10.00. The second-order valence-electron chi connectivity index (χ2n) is 15.3. The lowest BCUT2D eigenvalue weighted by Gasteiger charge is -2.63. The molecule has 264 valence electrons. The SMILES string of the molecule is CC(C)C(C=CC(C)C1C(O)C(O)C2C1(C)CCC1C3(C)CCC(OC4OCC(O)C(O)C4O)C=C3C(O)CC12O)OS(=O)(=O)O. The van der Waals surface area contributed by atoms with Crippen LogP contribution in [0.25, 0.3) is 0 Å². The molecule has 0 aromatic carbocycles. The number of aliphatic hydroxyl groups is 7. The molecule has 0 aromatic heterocycles. The molecule has 1 saturated heterocycles. The van der Waals surface area contributed by atoms with E-state index in [9.17, 15) is 48.7 Å². The summed E-state index contributed by atoms with van der Waals surface area (Å²) < 4.78 is 48.2. The van der Waals surface area contributed by atoms with Gasteiger partial charge in [0.1, 0.15) is 18.3 Å². The lowest BCUT2D eigenvalue weighted by Crippen LogP contribution is -2.66. The molecule has 0 aromatic rings. The van der Waals surface area contributed by atoms with Gasteiger partial charge in [-0.2, -0.15) is 8.42 Å². The average Bonchev–Trinajstić information content (AvgIpc) is 3.16. The Bertz CT molecular complexity index is 1290. The molecule has 0 amide bonds. The highest BCUT2D eigenvalue weighted by atomic mass is 32.3. The summed E-state index contributed by atoms with van der Waals surface area (Å²) in [5.74, 6) is -2.26. The number of hydrogen-bond donors (Lipinski definition) is 8. The summed E-state index contributed by atoms with van der Waals surface area (Å²) in [5.41, 5.74) is -2.20. The maximum absolute atomic E-state index is 12.6. The zero-order chi connectivity index (χ0) is 34.1. The van der Waals surface area contributed by atoms with Crippen LogP contribution in [-0.4, -0.2) is 116 Å². The molecule has 16 atom stereocenters. The topological polar surface area (TPSA) is 224 Å². The van der Waals surface area contributed by atoms with Gasteiger partial charge in [-0.25, -0.2) is 4.18 Å². The van der Waals surface area contributed by atoms with Crippen molar-refractivity contribution in [2.45, 2.75) is 127 Å². The summed E-state index contributed by atoms with van der Waals surface area (Å²) in [7, 11) is -4.69. The zero-order valence-corrected chi connectivity index (χ0v) is 27.9. The molecule has 3 saturated carbocycles. The third-order valence-corrected chi connectivity index (χ3v) is 12.6.